The minimum Gasteiger partial charge on any atom is -0.497 e. The lowest BCUT2D eigenvalue weighted by molar-refractivity contribution is 0.318. The summed E-state index contributed by atoms with van der Waals surface area (Å²) in [6.45, 7) is 6.52. The maximum atomic E-state index is 9.37. The van der Waals surface area contributed by atoms with Gasteiger partial charge in [-0.25, -0.2) is 0 Å². The van der Waals surface area contributed by atoms with E-state index in [1.807, 2.05) is 55.5 Å². The Labute approximate surface area is 334 Å². The number of anilines is 3. The molecule has 56 heavy (non-hydrogen) atoms. The molecule has 7 heteroatoms. The van der Waals surface area contributed by atoms with Crippen LogP contribution in [-0.2, 0) is 10.2 Å². The zero-order chi connectivity index (χ0) is 39.2. The number of thiophene rings is 1. The molecule has 2 aliphatic rings. The summed E-state index contributed by atoms with van der Waals surface area (Å²) in [6.07, 6.45) is 13.2. The van der Waals surface area contributed by atoms with Crippen LogP contribution < -0.4 is 14.4 Å². The molecule has 1 unspecified atom stereocenters. The molecule has 5 aromatic rings. The lowest BCUT2D eigenvalue weighted by Crippen LogP contribution is -2.21. The van der Waals surface area contributed by atoms with E-state index in [9.17, 15) is 10.5 Å². The van der Waals surface area contributed by atoms with Gasteiger partial charge in [-0.2, -0.15) is 10.5 Å². The van der Waals surface area contributed by atoms with E-state index in [4.69, 9.17) is 14.2 Å². The van der Waals surface area contributed by atoms with E-state index in [0.29, 0.717) is 17.1 Å². The van der Waals surface area contributed by atoms with E-state index in [1.54, 1.807) is 37.7 Å². The Kier molecular flexibility index (Phi) is 11.3. The molecule has 1 aliphatic heterocycles. The van der Waals surface area contributed by atoms with Crippen molar-refractivity contribution in [1.29, 1.82) is 10.5 Å². The zero-order valence-electron chi connectivity index (χ0n) is 32.6. The second-order valence-electron chi connectivity index (χ2n) is 14.4. The fourth-order valence-corrected chi connectivity index (χ4v) is 8.69. The largest absolute Gasteiger partial charge is 0.497 e. The highest BCUT2D eigenvalue weighted by Gasteiger charge is 2.39. The van der Waals surface area contributed by atoms with Gasteiger partial charge in [-0.15, -0.1) is 11.3 Å². The van der Waals surface area contributed by atoms with Crippen LogP contribution in [0.25, 0.3) is 27.6 Å². The standard InChI is InChI=1S/C49H45N3O3S/c1-6-7-8-9-26-49(3)46-29-34(48-25-22-43(56-48)21-20-42-28-35(27-33(2)55-42)36(31-50)32-51)10-23-44(46)45-24-15-39(30-47(45)49)52(37-11-16-40(53-4)17-12-37)38-13-18-41(54-5)19-14-38/h10-25,27-30H,6-9,26H2,1-5H3/b21-20+. The first kappa shape index (κ1) is 38.0. The van der Waals surface area contributed by atoms with Crippen LogP contribution in [0.4, 0.5) is 17.1 Å². The molecule has 1 atom stereocenters. The highest BCUT2D eigenvalue weighted by Crippen LogP contribution is 2.54. The van der Waals surface area contributed by atoms with Gasteiger partial charge < -0.3 is 19.1 Å². The van der Waals surface area contributed by atoms with Crippen molar-refractivity contribution in [3.63, 3.8) is 0 Å². The molecule has 0 radical (unpaired) electrons. The number of nitriles is 2. The third-order valence-electron chi connectivity index (χ3n) is 10.7. The van der Waals surface area contributed by atoms with E-state index in [1.165, 1.54) is 52.0 Å². The predicted molar refractivity (Wildman–Crippen MR) is 228 cm³/mol. The summed E-state index contributed by atoms with van der Waals surface area (Å²) < 4.78 is 16.9. The maximum absolute atomic E-state index is 9.37. The highest BCUT2D eigenvalue weighted by molar-refractivity contribution is 7.16. The van der Waals surface area contributed by atoms with E-state index in [-0.39, 0.29) is 11.0 Å². The van der Waals surface area contributed by atoms with Gasteiger partial charge in [0.15, 0.2) is 0 Å². The van der Waals surface area contributed by atoms with Crippen LogP contribution in [0.15, 0.2) is 138 Å². The van der Waals surface area contributed by atoms with Crippen molar-refractivity contribution >= 4 is 34.5 Å². The van der Waals surface area contributed by atoms with E-state index >= 15 is 0 Å². The van der Waals surface area contributed by atoms with Crippen LogP contribution >= 0.6 is 11.3 Å². The molecule has 2 heterocycles. The molecule has 0 fully saturated rings. The molecule has 0 spiro atoms. The molecule has 0 saturated heterocycles. The first-order valence-electron chi connectivity index (χ1n) is 19.1. The van der Waals surface area contributed by atoms with E-state index < -0.39 is 0 Å². The van der Waals surface area contributed by atoms with Crippen LogP contribution in [0.1, 0.15) is 68.9 Å². The molecule has 1 aromatic heterocycles. The summed E-state index contributed by atoms with van der Waals surface area (Å²) in [6, 6.07) is 38.7. The summed E-state index contributed by atoms with van der Waals surface area (Å²) in [5.41, 5.74) is 10.2. The lowest BCUT2D eigenvalue weighted by Gasteiger charge is -2.30. The second kappa shape index (κ2) is 16.6. The Morgan fingerprint density at radius 3 is 2.00 bits per heavy atom. The molecule has 0 saturated carbocycles. The maximum Gasteiger partial charge on any atom is 0.137 e. The fraction of sp³-hybridized carbons (Fsp3) is 0.224. The summed E-state index contributed by atoms with van der Waals surface area (Å²) in [4.78, 5) is 4.57. The molecule has 0 N–H and O–H groups in total. The van der Waals surface area contributed by atoms with Crippen molar-refractivity contribution in [1.82, 2.24) is 0 Å². The van der Waals surface area contributed by atoms with E-state index in [2.05, 4.69) is 91.5 Å². The normalized spacial score (nSPS) is 15.5. The van der Waals surface area contributed by atoms with Gasteiger partial charge in [-0.05, 0) is 144 Å². The average Bonchev–Trinajstić information content (AvgIpc) is 3.80. The third kappa shape index (κ3) is 7.65. The number of unbranched alkanes of at least 4 members (excludes halogenated alkanes) is 3. The van der Waals surface area contributed by atoms with Crippen molar-refractivity contribution < 1.29 is 14.2 Å². The van der Waals surface area contributed by atoms with Crippen LogP contribution in [-0.4, -0.2) is 14.2 Å². The predicted octanol–water partition coefficient (Wildman–Crippen LogP) is 13.3. The molecule has 6 nitrogen and oxygen atoms in total. The molecule has 4 aromatic carbocycles. The summed E-state index contributed by atoms with van der Waals surface area (Å²) >= 11 is 1.73. The number of nitrogens with zero attached hydrogens (tertiary/aromatic N) is 3. The number of allylic oxidation sites excluding steroid dienone is 6. The first-order chi connectivity index (χ1) is 27.3. The van der Waals surface area contributed by atoms with Crippen LogP contribution in [0, 0.1) is 22.7 Å². The molecule has 1 aliphatic carbocycles. The monoisotopic (exact) mass is 755 g/mol. The SMILES string of the molecule is CCCCCCC1(C)c2cc(-c3ccc(/C=C/C4=CC(=C(C#N)C#N)C=C(C)O4)s3)ccc2-c2ccc(N(c3ccc(OC)cc3)c3ccc(OC)cc3)cc21. The van der Waals surface area contributed by atoms with E-state index in [0.717, 1.165) is 46.3 Å². The summed E-state index contributed by atoms with van der Waals surface area (Å²) in [5, 5.41) is 18.7. The van der Waals surface area contributed by atoms with Crippen molar-refractivity contribution in [3.05, 3.63) is 154 Å². The Morgan fingerprint density at radius 2 is 1.38 bits per heavy atom. The number of hydrogen-bond acceptors (Lipinski definition) is 7. The quantitative estimate of drug-likeness (QED) is 0.0879. The number of hydrogen-bond donors (Lipinski definition) is 0. The first-order valence-corrected chi connectivity index (χ1v) is 19.9. The third-order valence-corrected chi connectivity index (χ3v) is 11.8. The van der Waals surface area contributed by atoms with Gasteiger partial charge in [0.2, 0.25) is 0 Å². The van der Waals surface area contributed by atoms with Crippen molar-refractivity contribution in [2.24, 2.45) is 0 Å². The van der Waals surface area contributed by atoms with Gasteiger partial charge in [-0.3, -0.25) is 0 Å². The molecule has 280 valence electrons. The smallest absolute Gasteiger partial charge is 0.137 e. The Bertz CT molecular complexity index is 2390. The van der Waals surface area contributed by atoms with Crippen LogP contribution in [0.3, 0.4) is 0 Å². The number of rotatable bonds is 13. The number of benzene rings is 4. The minimum atomic E-state index is -0.178. The highest BCUT2D eigenvalue weighted by atomic mass is 32.1. The van der Waals surface area contributed by atoms with Gasteiger partial charge in [-0.1, -0.05) is 57.7 Å². The topological polar surface area (TPSA) is 78.5 Å². The molecule has 0 bridgehead atoms. The Hall–Kier alpha value is -6.28. The number of methoxy groups -OCH3 is 2. The van der Waals surface area contributed by atoms with Gasteiger partial charge >= 0.3 is 0 Å². The Balaban J connectivity index is 1.24. The Morgan fingerprint density at radius 1 is 0.750 bits per heavy atom. The van der Waals surface area contributed by atoms with Crippen LogP contribution in [0.5, 0.6) is 11.5 Å². The van der Waals surface area contributed by atoms with Gasteiger partial charge in [0.25, 0.3) is 0 Å². The molecule has 7 rings (SSSR count). The summed E-state index contributed by atoms with van der Waals surface area (Å²) in [7, 11) is 3.39. The van der Waals surface area contributed by atoms with Gasteiger partial charge in [0, 0.05) is 37.8 Å². The second-order valence-corrected chi connectivity index (χ2v) is 15.5. The molecule has 0 amide bonds. The molecular weight excluding hydrogens is 711 g/mol. The van der Waals surface area contributed by atoms with Crippen molar-refractivity contribution in [3.8, 4) is 45.2 Å². The van der Waals surface area contributed by atoms with Crippen molar-refractivity contribution in [2.75, 3.05) is 19.1 Å². The van der Waals surface area contributed by atoms with Crippen LogP contribution in [0.2, 0.25) is 0 Å². The van der Waals surface area contributed by atoms with Crippen molar-refractivity contribution in [2.45, 2.75) is 58.3 Å². The number of fused-ring (bicyclic) bond motifs is 3. The fourth-order valence-electron chi connectivity index (χ4n) is 7.78. The number of ether oxygens (including phenoxy) is 3. The van der Waals surface area contributed by atoms with Gasteiger partial charge in [0.05, 0.1) is 14.2 Å². The average molecular weight is 756 g/mol. The van der Waals surface area contributed by atoms with Gasteiger partial charge in [0.1, 0.15) is 40.7 Å². The zero-order valence-corrected chi connectivity index (χ0v) is 33.4. The minimum absolute atomic E-state index is 0.0658. The lowest BCUT2D eigenvalue weighted by atomic mass is 9.75. The summed E-state index contributed by atoms with van der Waals surface area (Å²) in [5.74, 6) is 2.86. The molecular formula is C49H45N3O3S.